The van der Waals surface area contributed by atoms with Gasteiger partial charge < -0.3 is 10.1 Å². The van der Waals surface area contributed by atoms with Crippen LogP contribution in [0.4, 0.5) is 5.00 Å². The maximum Gasteiger partial charge on any atom is 0.257 e. The number of benzene rings is 2. The van der Waals surface area contributed by atoms with Crippen LogP contribution in [0, 0.1) is 22.7 Å². The Morgan fingerprint density at radius 2 is 1.89 bits per heavy atom. The van der Waals surface area contributed by atoms with Gasteiger partial charge >= 0.3 is 0 Å². The van der Waals surface area contributed by atoms with Crippen molar-refractivity contribution in [2.75, 3.05) is 5.32 Å². The van der Waals surface area contributed by atoms with Crippen molar-refractivity contribution in [3.63, 3.8) is 0 Å². The maximum absolute atomic E-state index is 12.7. The van der Waals surface area contributed by atoms with Crippen LogP contribution in [0.15, 0.2) is 54.6 Å². The smallest absolute Gasteiger partial charge is 0.257 e. The van der Waals surface area contributed by atoms with E-state index in [0.717, 1.165) is 30.4 Å². The quantitative estimate of drug-likeness (QED) is 0.390. The Balaban J connectivity index is 1.36. The van der Waals surface area contributed by atoms with E-state index in [4.69, 9.17) is 17.0 Å². The molecule has 2 N–H and O–H groups in total. The Morgan fingerprint density at radius 1 is 1.17 bits per heavy atom. The number of hydrogen-bond donors (Lipinski definition) is 2. The molecule has 180 valence electrons. The summed E-state index contributed by atoms with van der Waals surface area (Å²) in [5.41, 5.74) is 3.55. The van der Waals surface area contributed by atoms with Gasteiger partial charge in [0.1, 0.15) is 23.4 Å². The molecule has 1 amide bonds. The minimum atomic E-state index is -0.315. The fourth-order valence-corrected chi connectivity index (χ4v) is 5.83. The average molecular weight is 504 g/mol. The Kier molecular flexibility index (Phi) is 7.54. The molecule has 3 aromatic rings. The number of hydrogen-bond acceptors (Lipinski definition) is 5. The van der Waals surface area contributed by atoms with Gasteiger partial charge in [-0.25, -0.2) is 0 Å². The molecule has 4 rings (SSSR count). The number of nitrogens with one attached hydrogen (secondary N) is 2. The number of thiocarbonyl (C=S) groups is 1. The van der Waals surface area contributed by atoms with Gasteiger partial charge in [0.15, 0.2) is 5.11 Å². The second-order valence-corrected chi connectivity index (χ2v) is 11.3. The highest BCUT2D eigenvalue weighted by atomic mass is 32.1. The van der Waals surface area contributed by atoms with Crippen LogP contribution in [-0.4, -0.2) is 11.0 Å². The SMILES string of the molecule is CC(C)(C)C1CCc2c(sc(NC(=S)NC(=O)c3ccc(OCc4ccccc4)cc3)c2C#N)C1. The molecule has 0 saturated carbocycles. The van der Waals surface area contributed by atoms with E-state index in [2.05, 4.69) is 37.5 Å². The number of thiophene rings is 1. The molecule has 0 aliphatic heterocycles. The lowest BCUT2D eigenvalue weighted by Gasteiger charge is -2.33. The van der Waals surface area contributed by atoms with Gasteiger partial charge in [0.2, 0.25) is 0 Å². The van der Waals surface area contributed by atoms with E-state index in [1.807, 2.05) is 30.3 Å². The molecule has 0 saturated heterocycles. The second kappa shape index (κ2) is 10.6. The van der Waals surface area contributed by atoms with Crippen LogP contribution in [-0.2, 0) is 19.4 Å². The minimum Gasteiger partial charge on any atom is -0.489 e. The lowest BCUT2D eigenvalue weighted by molar-refractivity contribution is 0.0977. The van der Waals surface area contributed by atoms with Gasteiger partial charge in [0.25, 0.3) is 5.91 Å². The van der Waals surface area contributed by atoms with E-state index in [-0.39, 0.29) is 16.4 Å². The monoisotopic (exact) mass is 503 g/mol. The second-order valence-electron chi connectivity index (χ2n) is 9.83. The number of fused-ring (bicyclic) bond motifs is 1. The van der Waals surface area contributed by atoms with E-state index >= 15 is 0 Å². The molecule has 1 heterocycles. The molecule has 2 aromatic carbocycles. The zero-order valence-corrected chi connectivity index (χ0v) is 21.8. The molecule has 0 fully saturated rings. The van der Waals surface area contributed by atoms with Crippen LogP contribution in [0.2, 0.25) is 0 Å². The highest BCUT2D eigenvalue weighted by Crippen LogP contribution is 2.43. The minimum absolute atomic E-state index is 0.182. The Hall–Kier alpha value is -3.21. The summed E-state index contributed by atoms with van der Waals surface area (Å²) in [4.78, 5) is 13.9. The Labute approximate surface area is 216 Å². The summed E-state index contributed by atoms with van der Waals surface area (Å²) in [6.07, 6.45) is 2.95. The molecule has 1 aliphatic rings. The average Bonchev–Trinajstić information content (AvgIpc) is 3.19. The van der Waals surface area contributed by atoms with Gasteiger partial charge in [0.05, 0.1) is 5.56 Å². The largest absolute Gasteiger partial charge is 0.489 e. The first-order valence-electron chi connectivity index (χ1n) is 11.7. The normalized spacial score (nSPS) is 15.0. The highest BCUT2D eigenvalue weighted by Gasteiger charge is 2.32. The number of amides is 1. The van der Waals surface area contributed by atoms with Crippen LogP contribution in [0.5, 0.6) is 5.75 Å². The van der Waals surface area contributed by atoms with E-state index < -0.39 is 0 Å². The van der Waals surface area contributed by atoms with E-state index in [9.17, 15) is 10.1 Å². The van der Waals surface area contributed by atoms with Crippen LogP contribution in [0.3, 0.4) is 0 Å². The van der Waals surface area contributed by atoms with Crippen molar-refractivity contribution in [2.45, 2.75) is 46.6 Å². The van der Waals surface area contributed by atoms with Gasteiger partial charge in [-0.05, 0) is 78.2 Å². The van der Waals surface area contributed by atoms with Crippen molar-refractivity contribution in [3.05, 3.63) is 81.7 Å². The third-order valence-corrected chi connectivity index (χ3v) is 7.79. The van der Waals surface area contributed by atoms with Crippen molar-refractivity contribution >= 4 is 39.6 Å². The number of nitrogens with zero attached hydrogens (tertiary/aromatic N) is 1. The third-order valence-electron chi connectivity index (χ3n) is 6.42. The summed E-state index contributed by atoms with van der Waals surface area (Å²) in [5.74, 6) is 0.951. The number of carbonyl (C=O) groups excluding carboxylic acids is 1. The number of carbonyl (C=O) groups is 1. The molecule has 0 radical (unpaired) electrons. The molecule has 1 aromatic heterocycles. The van der Waals surface area contributed by atoms with Gasteiger partial charge in [-0.1, -0.05) is 51.1 Å². The standard InChI is InChI=1S/C28H29N3O2S2/c1-28(2,3)20-11-14-22-23(16-29)26(35-24(22)15-20)31-27(34)30-25(32)19-9-12-21(13-10-19)33-17-18-7-5-4-6-8-18/h4-10,12-13,20H,11,14-15,17H2,1-3H3,(H2,30,31,32,34). The fraction of sp³-hybridized carbons (Fsp3) is 0.321. The fourth-order valence-electron chi connectivity index (χ4n) is 4.28. The van der Waals surface area contributed by atoms with E-state index in [1.54, 1.807) is 35.6 Å². The van der Waals surface area contributed by atoms with E-state index in [1.165, 1.54) is 4.88 Å². The van der Waals surface area contributed by atoms with Crippen molar-refractivity contribution in [2.24, 2.45) is 11.3 Å². The molecule has 5 nitrogen and oxygen atoms in total. The Bertz CT molecular complexity index is 1250. The molecule has 0 bridgehead atoms. The van der Waals surface area contributed by atoms with E-state index in [0.29, 0.717) is 34.4 Å². The summed E-state index contributed by atoms with van der Waals surface area (Å²) in [5, 5.41) is 16.5. The van der Waals surface area contributed by atoms with Crippen LogP contribution in [0.1, 0.15) is 59.1 Å². The molecule has 35 heavy (non-hydrogen) atoms. The van der Waals surface area contributed by atoms with Gasteiger partial charge in [-0.3, -0.25) is 10.1 Å². The number of rotatable bonds is 5. The summed E-state index contributed by atoms with van der Waals surface area (Å²) in [6, 6.07) is 19.2. The molecule has 1 unspecified atom stereocenters. The maximum atomic E-state index is 12.7. The van der Waals surface area contributed by atoms with Crippen LogP contribution >= 0.6 is 23.6 Å². The van der Waals surface area contributed by atoms with Crippen molar-refractivity contribution in [1.82, 2.24) is 5.32 Å². The molecular weight excluding hydrogens is 474 g/mol. The summed E-state index contributed by atoms with van der Waals surface area (Å²) >= 11 is 6.97. The molecule has 7 heteroatoms. The topological polar surface area (TPSA) is 74.2 Å². The first-order valence-corrected chi connectivity index (χ1v) is 12.9. The third kappa shape index (κ3) is 6.08. The first kappa shape index (κ1) is 24.9. The van der Waals surface area contributed by atoms with Gasteiger partial charge in [-0.2, -0.15) is 5.26 Å². The van der Waals surface area contributed by atoms with Crippen LogP contribution in [0.25, 0.3) is 0 Å². The Morgan fingerprint density at radius 3 is 2.54 bits per heavy atom. The molecule has 1 aliphatic carbocycles. The summed E-state index contributed by atoms with van der Waals surface area (Å²) in [6.45, 7) is 7.27. The van der Waals surface area contributed by atoms with Crippen molar-refractivity contribution in [1.29, 1.82) is 5.26 Å². The molecule has 1 atom stereocenters. The lowest BCUT2D eigenvalue weighted by atomic mass is 9.72. The van der Waals surface area contributed by atoms with Gasteiger partial charge in [0, 0.05) is 10.4 Å². The first-order chi connectivity index (χ1) is 16.7. The zero-order chi connectivity index (χ0) is 25.0. The van der Waals surface area contributed by atoms with Crippen molar-refractivity contribution < 1.29 is 9.53 Å². The predicted octanol–water partition coefficient (Wildman–Crippen LogP) is 6.48. The van der Waals surface area contributed by atoms with Crippen molar-refractivity contribution in [3.8, 4) is 11.8 Å². The lowest BCUT2D eigenvalue weighted by Crippen LogP contribution is -2.34. The highest BCUT2D eigenvalue weighted by molar-refractivity contribution is 7.80. The number of ether oxygens (including phenoxy) is 1. The molecular formula is C28H29N3O2S2. The summed E-state index contributed by atoms with van der Waals surface area (Å²) in [7, 11) is 0. The number of nitriles is 1. The predicted molar refractivity (Wildman–Crippen MR) is 145 cm³/mol. The molecule has 0 spiro atoms. The number of anilines is 1. The van der Waals surface area contributed by atoms with Crippen LogP contribution < -0.4 is 15.4 Å². The summed E-state index contributed by atoms with van der Waals surface area (Å²) < 4.78 is 5.78. The van der Waals surface area contributed by atoms with Gasteiger partial charge in [-0.15, -0.1) is 11.3 Å². The zero-order valence-electron chi connectivity index (χ0n) is 20.2.